The van der Waals surface area contributed by atoms with Gasteiger partial charge in [0.05, 0.1) is 17.6 Å². The topological polar surface area (TPSA) is 123 Å². The van der Waals surface area contributed by atoms with Crippen molar-refractivity contribution in [2.24, 2.45) is 11.7 Å². The standard InChI is InChI=1S/C20H22N6O2/c1-12(2)17(18(21)27)26-19-14-7-3-4-8-15(14)24-16(25-19)11-23-20(28)13-6-5-9-22-10-13/h3-10,12,17H,11H2,1-2H3,(H2,21,27)(H,23,28)(H,24,25,26)/t17-/m0/s1. The van der Waals surface area contributed by atoms with Gasteiger partial charge in [0.2, 0.25) is 5.91 Å². The highest BCUT2D eigenvalue weighted by Gasteiger charge is 2.21. The van der Waals surface area contributed by atoms with E-state index in [0.29, 0.717) is 22.7 Å². The highest BCUT2D eigenvalue weighted by Crippen LogP contribution is 2.22. The van der Waals surface area contributed by atoms with E-state index in [1.54, 1.807) is 18.3 Å². The molecule has 0 saturated heterocycles. The number of aromatic nitrogens is 3. The molecular formula is C20H22N6O2. The Bertz CT molecular complexity index is 990. The molecule has 1 aromatic carbocycles. The molecule has 8 heteroatoms. The van der Waals surface area contributed by atoms with Gasteiger partial charge in [0.15, 0.2) is 5.82 Å². The van der Waals surface area contributed by atoms with Crippen molar-refractivity contribution in [3.05, 3.63) is 60.2 Å². The van der Waals surface area contributed by atoms with E-state index >= 15 is 0 Å². The molecule has 2 aromatic heterocycles. The quantitative estimate of drug-likeness (QED) is 0.577. The Morgan fingerprint density at radius 2 is 1.89 bits per heavy atom. The zero-order valence-electron chi connectivity index (χ0n) is 15.7. The summed E-state index contributed by atoms with van der Waals surface area (Å²) in [6.07, 6.45) is 3.09. The highest BCUT2D eigenvalue weighted by molar-refractivity contribution is 5.94. The van der Waals surface area contributed by atoms with Gasteiger partial charge >= 0.3 is 0 Å². The smallest absolute Gasteiger partial charge is 0.253 e. The molecule has 0 unspecified atom stereocenters. The van der Waals surface area contributed by atoms with Crippen LogP contribution >= 0.6 is 0 Å². The van der Waals surface area contributed by atoms with Gasteiger partial charge in [-0.3, -0.25) is 14.6 Å². The van der Waals surface area contributed by atoms with E-state index in [1.807, 2.05) is 38.1 Å². The molecule has 0 aliphatic carbocycles. The van der Waals surface area contributed by atoms with Crippen molar-refractivity contribution in [3.63, 3.8) is 0 Å². The average Bonchev–Trinajstić information content (AvgIpc) is 2.70. The molecule has 3 aromatic rings. The number of anilines is 1. The van der Waals surface area contributed by atoms with Crippen LogP contribution in [0.25, 0.3) is 10.9 Å². The van der Waals surface area contributed by atoms with Crippen molar-refractivity contribution in [1.82, 2.24) is 20.3 Å². The molecule has 0 spiro atoms. The number of rotatable bonds is 7. The second-order valence-corrected chi connectivity index (χ2v) is 6.70. The minimum absolute atomic E-state index is 0.0139. The fourth-order valence-electron chi connectivity index (χ4n) is 2.79. The van der Waals surface area contributed by atoms with Crippen molar-refractivity contribution in [2.75, 3.05) is 5.32 Å². The minimum atomic E-state index is -0.573. The molecule has 144 valence electrons. The summed E-state index contributed by atoms with van der Waals surface area (Å²) in [5.41, 5.74) is 6.68. The number of carbonyl (C=O) groups excluding carboxylic acids is 2. The third-order valence-corrected chi connectivity index (χ3v) is 4.25. The van der Waals surface area contributed by atoms with Gasteiger partial charge in [0, 0.05) is 17.8 Å². The average molecular weight is 378 g/mol. The van der Waals surface area contributed by atoms with Crippen LogP contribution in [0.3, 0.4) is 0 Å². The zero-order valence-corrected chi connectivity index (χ0v) is 15.7. The predicted octanol–water partition coefficient (Wildman–Crippen LogP) is 1.88. The molecule has 28 heavy (non-hydrogen) atoms. The molecule has 8 nitrogen and oxygen atoms in total. The molecule has 2 amide bonds. The van der Waals surface area contributed by atoms with Crippen LogP contribution in [0.1, 0.15) is 30.0 Å². The van der Waals surface area contributed by atoms with Crippen LogP contribution in [0.5, 0.6) is 0 Å². The summed E-state index contributed by atoms with van der Waals surface area (Å²) in [6, 6.07) is 10.3. The van der Waals surface area contributed by atoms with E-state index in [-0.39, 0.29) is 18.4 Å². The van der Waals surface area contributed by atoms with Gasteiger partial charge in [0.25, 0.3) is 5.91 Å². The Balaban J connectivity index is 1.87. The van der Waals surface area contributed by atoms with Crippen molar-refractivity contribution in [2.45, 2.75) is 26.4 Å². The van der Waals surface area contributed by atoms with Crippen molar-refractivity contribution < 1.29 is 9.59 Å². The lowest BCUT2D eigenvalue weighted by Gasteiger charge is -2.21. The lowest BCUT2D eigenvalue weighted by atomic mass is 10.0. The fraction of sp³-hybridized carbons (Fsp3) is 0.250. The van der Waals surface area contributed by atoms with Crippen LogP contribution in [0.4, 0.5) is 5.82 Å². The van der Waals surface area contributed by atoms with E-state index in [9.17, 15) is 9.59 Å². The number of hydrogen-bond acceptors (Lipinski definition) is 6. The summed E-state index contributed by atoms with van der Waals surface area (Å²) in [6.45, 7) is 3.94. The Morgan fingerprint density at radius 3 is 2.57 bits per heavy atom. The molecular weight excluding hydrogens is 356 g/mol. The number of pyridine rings is 1. The van der Waals surface area contributed by atoms with Gasteiger partial charge in [-0.2, -0.15) is 0 Å². The summed E-state index contributed by atoms with van der Waals surface area (Å²) in [5, 5.41) is 6.69. The first-order chi connectivity index (χ1) is 13.5. The van der Waals surface area contributed by atoms with Gasteiger partial charge in [-0.25, -0.2) is 9.97 Å². The van der Waals surface area contributed by atoms with E-state index in [1.165, 1.54) is 6.20 Å². The van der Waals surface area contributed by atoms with Crippen LogP contribution in [-0.2, 0) is 11.3 Å². The summed E-state index contributed by atoms with van der Waals surface area (Å²) in [4.78, 5) is 37.0. The van der Waals surface area contributed by atoms with Crippen molar-refractivity contribution in [3.8, 4) is 0 Å². The number of nitrogens with one attached hydrogen (secondary N) is 2. The molecule has 0 fully saturated rings. The molecule has 0 aliphatic heterocycles. The van der Waals surface area contributed by atoms with Crippen LogP contribution < -0.4 is 16.4 Å². The first-order valence-electron chi connectivity index (χ1n) is 8.95. The van der Waals surface area contributed by atoms with Gasteiger partial charge in [-0.1, -0.05) is 26.0 Å². The van der Waals surface area contributed by atoms with Gasteiger partial charge in [-0.15, -0.1) is 0 Å². The number of amides is 2. The summed E-state index contributed by atoms with van der Waals surface area (Å²) >= 11 is 0. The number of carbonyl (C=O) groups is 2. The van der Waals surface area contributed by atoms with E-state index < -0.39 is 11.9 Å². The van der Waals surface area contributed by atoms with Gasteiger partial charge < -0.3 is 16.4 Å². The second kappa shape index (κ2) is 8.43. The summed E-state index contributed by atoms with van der Waals surface area (Å²) in [7, 11) is 0. The van der Waals surface area contributed by atoms with Crippen molar-refractivity contribution >= 4 is 28.5 Å². The third kappa shape index (κ3) is 4.40. The normalized spacial score (nSPS) is 12.0. The predicted molar refractivity (Wildman–Crippen MR) is 106 cm³/mol. The van der Waals surface area contributed by atoms with Crippen LogP contribution in [0.15, 0.2) is 48.8 Å². The maximum Gasteiger partial charge on any atom is 0.253 e. The van der Waals surface area contributed by atoms with Crippen molar-refractivity contribution in [1.29, 1.82) is 0 Å². The molecule has 4 N–H and O–H groups in total. The summed E-state index contributed by atoms with van der Waals surface area (Å²) < 4.78 is 0. The Hall–Kier alpha value is -3.55. The lowest BCUT2D eigenvalue weighted by Crippen LogP contribution is -2.40. The number of benzene rings is 1. The maximum atomic E-state index is 12.2. The van der Waals surface area contributed by atoms with Gasteiger partial charge in [0.1, 0.15) is 11.9 Å². The first-order valence-corrected chi connectivity index (χ1v) is 8.95. The Kier molecular flexibility index (Phi) is 5.78. The number of para-hydroxylation sites is 1. The number of nitrogens with two attached hydrogens (primary N) is 1. The Morgan fingerprint density at radius 1 is 1.11 bits per heavy atom. The number of primary amides is 1. The Labute approximate surface area is 162 Å². The lowest BCUT2D eigenvalue weighted by molar-refractivity contribution is -0.119. The molecule has 3 rings (SSSR count). The largest absolute Gasteiger partial charge is 0.368 e. The number of fused-ring (bicyclic) bond motifs is 1. The highest BCUT2D eigenvalue weighted by atomic mass is 16.2. The minimum Gasteiger partial charge on any atom is -0.368 e. The number of nitrogens with zero attached hydrogens (tertiary/aromatic N) is 3. The van der Waals surface area contributed by atoms with E-state index in [0.717, 1.165) is 5.39 Å². The van der Waals surface area contributed by atoms with Crippen LogP contribution in [0.2, 0.25) is 0 Å². The monoisotopic (exact) mass is 378 g/mol. The molecule has 0 radical (unpaired) electrons. The zero-order chi connectivity index (χ0) is 20.1. The number of hydrogen-bond donors (Lipinski definition) is 3. The SMILES string of the molecule is CC(C)[C@H](Nc1nc(CNC(=O)c2cccnc2)nc2ccccc12)C(N)=O. The molecule has 2 heterocycles. The molecule has 1 atom stereocenters. The van der Waals surface area contributed by atoms with E-state index in [2.05, 4.69) is 25.6 Å². The summed E-state index contributed by atoms with van der Waals surface area (Å²) in [5.74, 6) is 0.194. The first kappa shape index (κ1) is 19.2. The molecule has 0 saturated carbocycles. The van der Waals surface area contributed by atoms with E-state index in [4.69, 9.17) is 5.73 Å². The molecule has 0 bridgehead atoms. The third-order valence-electron chi connectivity index (χ3n) is 4.25. The maximum absolute atomic E-state index is 12.2. The van der Waals surface area contributed by atoms with Crippen LogP contribution in [0, 0.1) is 5.92 Å². The fourth-order valence-corrected chi connectivity index (χ4v) is 2.79. The van der Waals surface area contributed by atoms with Crippen LogP contribution in [-0.4, -0.2) is 32.8 Å². The van der Waals surface area contributed by atoms with Gasteiger partial charge in [-0.05, 0) is 30.2 Å². The second-order valence-electron chi connectivity index (χ2n) is 6.70. The molecule has 0 aliphatic rings.